The molecule has 0 heterocycles. The van der Waals surface area contributed by atoms with Gasteiger partial charge in [-0.3, -0.25) is 0 Å². The summed E-state index contributed by atoms with van der Waals surface area (Å²) < 4.78 is 26.4. The Balaban J connectivity index is 2.96. The fourth-order valence-corrected chi connectivity index (χ4v) is 1.94. The van der Waals surface area contributed by atoms with Crippen molar-refractivity contribution in [1.29, 1.82) is 0 Å². The van der Waals surface area contributed by atoms with Crippen molar-refractivity contribution >= 4 is 0 Å². The Bertz CT molecular complexity index is 349. The zero-order chi connectivity index (χ0) is 13.1. The van der Waals surface area contributed by atoms with Crippen LogP contribution in [0.25, 0.3) is 0 Å². The second kappa shape index (κ2) is 5.58. The average molecular weight is 241 g/mol. The average Bonchev–Trinajstić information content (AvgIpc) is 2.13. The van der Waals surface area contributed by atoms with Crippen molar-refractivity contribution < 1.29 is 8.78 Å². The minimum Gasteiger partial charge on any atom is -0.310 e. The number of hydrogen-bond donors (Lipinski definition) is 1. The second-order valence-corrected chi connectivity index (χ2v) is 5.58. The Labute approximate surface area is 102 Å². The van der Waals surface area contributed by atoms with E-state index in [0.29, 0.717) is 5.56 Å². The molecule has 1 atom stereocenters. The molecule has 0 bridgehead atoms. The van der Waals surface area contributed by atoms with Crippen LogP contribution in [0.15, 0.2) is 18.2 Å². The minimum atomic E-state index is -0.517. The van der Waals surface area contributed by atoms with E-state index in [9.17, 15) is 8.78 Å². The van der Waals surface area contributed by atoms with Gasteiger partial charge in [0.1, 0.15) is 11.6 Å². The molecule has 1 aromatic carbocycles. The third-order valence-electron chi connectivity index (χ3n) is 2.55. The van der Waals surface area contributed by atoms with E-state index in [2.05, 4.69) is 26.1 Å². The maximum atomic E-state index is 13.2. The molecule has 1 rings (SSSR count). The van der Waals surface area contributed by atoms with E-state index in [1.54, 1.807) is 0 Å². The fourth-order valence-electron chi connectivity index (χ4n) is 1.94. The molecule has 1 aromatic rings. The Morgan fingerprint density at radius 3 is 2.06 bits per heavy atom. The van der Waals surface area contributed by atoms with Gasteiger partial charge in [0.25, 0.3) is 0 Å². The van der Waals surface area contributed by atoms with E-state index in [0.717, 1.165) is 19.0 Å². The molecule has 96 valence electrons. The molecule has 0 spiro atoms. The molecule has 0 aliphatic carbocycles. The predicted octanol–water partition coefficient (Wildman–Crippen LogP) is 4.05. The van der Waals surface area contributed by atoms with Crippen molar-refractivity contribution in [3.8, 4) is 0 Å². The summed E-state index contributed by atoms with van der Waals surface area (Å²) in [4.78, 5) is 0. The second-order valence-electron chi connectivity index (χ2n) is 5.58. The van der Waals surface area contributed by atoms with Crippen molar-refractivity contribution in [2.24, 2.45) is 5.41 Å². The topological polar surface area (TPSA) is 12.0 Å². The SMILES string of the molecule is CCNC(CC(C)(C)C)c1cc(F)cc(F)c1. The number of hydrogen-bond acceptors (Lipinski definition) is 1. The normalized spacial score (nSPS) is 13.8. The summed E-state index contributed by atoms with van der Waals surface area (Å²) in [5, 5.41) is 3.28. The largest absolute Gasteiger partial charge is 0.310 e. The van der Waals surface area contributed by atoms with Gasteiger partial charge in [0.15, 0.2) is 0 Å². The molecule has 0 radical (unpaired) electrons. The molecular formula is C14H21F2N. The van der Waals surface area contributed by atoms with Gasteiger partial charge in [0, 0.05) is 12.1 Å². The summed E-state index contributed by atoms with van der Waals surface area (Å²) in [5.74, 6) is -1.03. The van der Waals surface area contributed by atoms with Gasteiger partial charge in [-0.15, -0.1) is 0 Å². The lowest BCUT2D eigenvalue weighted by molar-refractivity contribution is 0.313. The van der Waals surface area contributed by atoms with Crippen LogP contribution < -0.4 is 5.32 Å². The third kappa shape index (κ3) is 4.82. The van der Waals surface area contributed by atoms with Crippen LogP contribution in [0.5, 0.6) is 0 Å². The molecule has 0 saturated carbocycles. The summed E-state index contributed by atoms with van der Waals surface area (Å²) in [7, 11) is 0. The molecule has 0 saturated heterocycles. The van der Waals surface area contributed by atoms with Crippen molar-refractivity contribution in [1.82, 2.24) is 5.32 Å². The number of rotatable bonds is 4. The van der Waals surface area contributed by atoms with Gasteiger partial charge >= 0.3 is 0 Å². The zero-order valence-electron chi connectivity index (χ0n) is 11.0. The van der Waals surface area contributed by atoms with Gasteiger partial charge < -0.3 is 5.32 Å². The van der Waals surface area contributed by atoms with E-state index in [4.69, 9.17) is 0 Å². The van der Waals surface area contributed by atoms with Gasteiger partial charge in [-0.1, -0.05) is 27.7 Å². The lowest BCUT2D eigenvalue weighted by Crippen LogP contribution is -2.25. The standard InChI is InChI=1S/C14H21F2N/c1-5-17-13(9-14(2,3)4)10-6-11(15)8-12(16)7-10/h6-8,13,17H,5,9H2,1-4H3. The van der Waals surface area contributed by atoms with E-state index in [1.165, 1.54) is 12.1 Å². The molecule has 0 fully saturated rings. The molecule has 3 heteroatoms. The van der Waals surface area contributed by atoms with Crippen LogP contribution in [0.3, 0.4) is 0 Å². The highest BCUT2D eigenvalue weighted by Gasteiger charge is 2.20. The summed E-state index contributed by atoms with van der Waals surface area (Å²) in [6, 6.07) is 3.71. The molecule has 1 nitrogen and oxygen atoms in total. The Morgan fingerprint density at radius 1 is 1.12 bits per heavy atom. The monoisotopic (exact) mass is 241 g/mol. The fraction of sp³-hybridized carbons (Fsp3) is 0.571. The molecule has 0 amide bonds. The van der Waals surface area contributed by atoms with Crippen molar-refractivity contribution in [2.75, 3.05) is 6.54 Å². The van der Waals surface area contributed by atoms with Crippen LogP contribution in [0.4, 0.5) is 8.78 Å². The molecule has 1 N–H and O–H groups in total. The van der Waals surface area contributed by atoms with Gasteiger partial charge in [-0.25, -0.2) is 8.78 Å². The van der Waals surface area contributed by atoms with Crippen LogP contribution in [0.2, 0.25) is 0 Å². The molecule has 1 unspecified atom stereocenters. The first kappa shape index (κ1) is 14.1. The van der Waals surface area contributed by atoms with Crippen molar-refractivity contribution in [2.45, 2.75) is 40.2 Å². The van der Waals surface area contributed by atoms with Crippen LogP contribution >= 0.6 is 0 Å². The maximum absolute atomic E-state index is 13.2. The molecule has 0 aliphatic rings. The number of benzene rings is 1. The van der Waals surface area contributed by atoms with Crippen LogP contribution in [0, 0.1) is 17.0 Å². The highest BCUT2D eigenvalue weighted by molar-refractivity contribution is 5.21. The number of nitrogens with one attached hydrogen (secondary N) is 1. The lowest BCUT2D eigenvalue weighted by Gasteiger charge is -2.27. The first-order valence-electron chi connectivity index (χ1n) is 6.01. The van der Waals surface area contributed by atoms with Gasteiger partial charge in [0.2, 0.25) is 0 Å². The van der Waals surface area contributed by atoms with Gasteiger partial charge in [-0.05, 0) is 36.1 Å². The highest BCUT2D eigenvalue weighted by atomic mass is 19.1. The quantitative estimate of drug-likeness (QED) is 0.838. The Morgan fingerprint density at radius 2 is 1.65 bits per heavy atom. The van der Waals surface area contributed by atoms with E-state index < -0.39 is 11.6 Å². The molecule has 17 heavy (non-hydrogen) atoms. The van der Waals surface area contributed by atoms with E-state index >= 15 is 0 Å². The third-order valence-corrected chi connectivity index (χ3v) is 2.55. The predicted molar refractivity (Wildman–Crippen MR) is 66.8 cm³/mol. The van der Waals surface area contributed by atoms with Gasteiger partial charge in [-0.2, -0.15) is 0 Å². The molecule has 0 aromatic heterocycles. The zero-order valence-corrected chi connectivity index (χ0v) is 11.0. The van der Waals surface area contributed by atoms with Crippen LogP contribution in [-0.4, -0.2) is 6.54 Å². The summed E-state index contributed by atoms with van der Waals surface area (Å²) in [6.07, 6.45) is 0.837. The van der Waals surface area contributed by atoms with Crippen LogP contribution in [0.1, 0.15) is 45.7 Å². The van der Waals surface area contributed by atoms with E-state index in [-0.39, 0.29) is 11.5 Å². The lowest BCUT2D eigenvalue weighted by atomic mass is 9.85. The molecule has 0 aliphatic heterocycles. The van der Waals surface area contributed by atoms with Gasteiger partial charge in [0.05, 0.1) is 0 Å². The smallest absolute Gasteiger partial charge is 0.126 e. The summed E-state index contributed by atoms with van der Waals surface area (Å²) >= 11 is 0. The Hall–Kier alpha value is -0.960. The van der Waals surface area contributed by atoms with E-state index in [1.807, 2.05) is 6.92 Å². The molecular weight excluding hydrogens is 220 g/mol. The van der Waals surface area contributed by atoms with Crippen molar-refractivity contribution in [3.63, 3.8) is 0 Å². The first-order valence-corrected chi connectivity index (χ1v) is 6.01. The number of halogens is 2. The maximum Gasteiger partial charge on any atom is 0.126 e. The summed E-state index contributed by atoms with van der Waals surface area (Å²) in [6.45, 7) is 9.12. The first-order chi connectivity index (χ1) is 7.81. The highest BCUT2D eigenvalue weighted by Crippen LogP contribution is 2.30. The Kier molecular flexibility index (Phi) is 4.63. The summed E-state index contributed by atoms with van der Waals surface area (Å²) in [5.41, 5.74) is 0.787. The van der Waals surface area contributed by atoms with Crippen molar-refractivity contribution in [3.05, 3.63) is 35.4 Å². The van der Waals surface area contributed by atoms with Crippen LogP contribution in [-0.2, 0) is 0 Å². The minimum absolute atomic E-state index is 0.00907.